The van der Waals surface area contributed by atoms with Gasteiger partial charge in [-0.1, -0.05) is 23.4 Å². The van der Waals surface area contributed by atoms with Gasteiger partial charge in [0.2, 0.25) is 13.6 Å². The van der Waals surface area contributed by atoms with Crippen LogP contribution in [0.25, 0.3) is 0 Å². The summed E-state index contributed by atoms with van der Waals surface area (Å²) in [4.78, 5) is 51.6. The van der Waals surface area contributed by atoms with Crippen LogP contribution >= 0.6 is 16.1 Å². The van der Waals surface area contributed by atoms with Crippen LogP contribution in [0.4, 0.5) is 4.39 Å². The molecule has 0 aliphatic carbocycles. The lowest BCUT2D eigenvalue weighted by atomic mass is 9.98. The van der Waals surface area contributed by atoms with E-state index in [1.165, 1.54) is 12.1 Å². The Kier molecular flexibility index (Phi) is 13.5. The summed E-state index contributed by atoms with van der Waals surface area (Å²) in [7, 11) is -10.4. The summed E-state index contributed by atoms with van der Waals surface area (Å²) < 4.78 is 101. The van der Waals surface area contributed by atoms with Gasteiger partial charge in [-0.25, -0.2) is 27.0 Å². The van der Waals surface area contributed by atoms with Crippen molar-refractivity contribution in [3.63, 3.8) is 0 Å². The van der Waals surface area contributed by atoms with Gasteiger partial charge in [-0.2, -0.15) is 0 Å². The average molecular weight is 889 g/mol. The zero-order valence-electron chi connectivity index (χ0n) is 33.2. The second-order valence-corrected chi connectivity index (χ2v) is 21.5. The van der Waals surface area contributed by atoms with E-state index in [0.29, 0.717) is 19.4 Å². The van der Waals surface area contributed by atoms with Gasteiger partial charge in [0.05, 0.1) is 40.3 Å². The highest BCUT2D eigenvalue weighted by atomic mass is 32.2. The first-order valence-corrected chi connectivity index (χ1v) is 22.9. The molecule has 2 unspecified atom stereocenters. The first kappa shape index (κ1) is 44.8. The van der Waals surface area contributed by atoms with E-state index in [1.807, 2.05) is 4.67 Å². The number of hydrogen-bond acceptors (Lipinski definition) is 17. The maximum atomic E-state index is 16.7. The second kappa shape index (κ2) is 17.7. The lowest BCUT2D eigenvalue weighted by Gasteiger charge is -2.26. The molecule has 20 nitrogen and oxygen atoms in total. The number of carbonyl (C=O) groups excluding carboxylic acids is 2. The van der Waals surface area contributed by atoms with Crippen molar-refractivity contribution in [2.45, 2.75) is 103 Å². The molecular formula is C35H47FN6O14P2S. The molecule has 24 heteroatoms. The van der Waals surface area contributed by atoms with Crippen molar-refractivity contribution in [2.24, 2.45) is 10.8 Å². The molecule has 3 aliphatic heterocycles. The number of benzene rings is 1. The zero-order chi connectivity index (χ0) is 42.9. The van der Waals surface area contributed by atoms with Crippen LogP contribution in [0.3, 0.4) is 0 Å². The van der Waals surface area contributed by atoms with E-state index in [0.717, 1.165) is 27.7 Å². The largest absolute Gasteiger partial charge is 0.438 e. The number of fused-ring (bicyclic) bond motifs is 1. The van der Waals surface area contributed by atoms with Crippen LogP contribution in [0.1, 0.15) is 60.6 Å². The van der Waals surface area contributed by atoms with Gasteiger partial charge in [-0.3, -0.25) is 37.5 Å². The van der Waals surface area contributed by atoms with Gasteiger partial charge in [0.25, 0.3) is 14.1 Å². The van der Waals surface area contributed by atoms with Gasteiger partial charge in [-0.05, 0) is 66.5 Å². The maximum absolute atomic E-state index is 16.7. The molecule has 1 aromatic carbocycles. The minimum absolute atomic E-state index is 0.136. The molecule has 1 N–H and O–H groups in total. The number of rotatable bonds is 15. The zero-order valence-corrected chi connectivity index (χ0v) is 35.8. The van der Waals surface area contributed by atoms with Crippen LogP contribution in [-0.4, -0.2) is 106 Å². The third-order valence-corrected chi connectivity index (χ3v) is 14.7. The molecule has 0 saturated carbocycles. The van der Waals surface area contributed by atoms with E-state index in [9.17, 15) is 32.2 Å². The van der Waals surface area contributed by atoms with E-state index in [-0.39, 0.29) is 23.2 Å². The molecule has 2 aromatic heterocycles. The quantitative estimate of drug-likeness (QED) is 0.131. The Morgan fingerprint density at radius 1 is 1.00 bits per heavy atom. The summed E-state index contributed by atoms with van der Waals surface area (Å²) in [5.74, 6) is -1.69. The molecule has 0 bridgehead atoms. The maximum Gasteiger partial charge on any atom is 0.388 e. The second-order valence-electron chi connectivity index (χ2n) is 16.1. The highest BCUT2D eigenvalue weighted by Gasteiger charge is 2.54. The lowest BCUT2D eigenvalue weighted by molar-refractivity contribution is -0.161. The third-order valence-electron chi connectivity index (χ3n) is 9.45. The van der Waals surface area contributed by atoms with E-state index in [2.05, 4.69) is 15.3 Å². The number of ether oxygens (including phenoxy) is 3. The number of alkyl halides is 1. The molecule has 324 valence electrons. The van der Waals surface area contributed by atoms with E-state index >= 15 is 4.39 Å². The fourth-order valence-corrected chi connectivity index (χ4v) is 11.0. The highest BCUT2D eigenvalue weighted by Crippen LogP contribution is 2.58. The molecule has 3 fully saturated rings. The SMILES string of the molecule is CC(C)(C)C(=O)OCOP(=O)(OCOC(=O)C(C)(C)C)c1cn(C[C@H]2O[C@@H](n3ccc(=O)[nH]c3=O)C(F)C2O[P@@]2O[C@@H](CS(=O)(=O)c3ccccc3)[C@H]3CCCN32)nn1. The molecule has 3 aliphatic rings. The summed E-state index contributed by atoms with van der Waals surface area (Å²) in [6, 6.07) is 8.65. The summed E-state index contributed by atoms with van der Waals surface area (Å²) in [5, 5.41) is 7.94. The summed E-state index contributed by atoms with van der Waals surface area (Å²) in [5.41, 5.74) is -3.91. The number of nitrogens with zero attached hydrogens (tertiary/aromatic N) is 5. The Balaban J connectivity index is 1.24. The minimum atomic E-state index is -4.54. The standard InChI is InChI=1S/C35H47FN6O14P2S/c1-34(2,3)31(44)50-20-52-58(47,53-21-51-32(45)35(4,5)6)27-18-40(39-38-27)17-24-29(28(36)30(54-24)41-16-14-26(43)37-33(41)46)56-57-42-15-10-13-23(42)25(55-57)19-59(48,49)22-11-8-7-9-12-22/h7-9,11-12,14,16,18,23-25,28-30H,10,13,15,17,19-21H2,1-6H3,(H,37,43,46)/t23-,24-,25+,28?,29?,30-,57-/m1/s1. The molecular weight excluding hydrogens is 841 g/mol. The number of H-pyrrole nitrogens is 1. The molecule has 0 amide bonds. The fraction of sp³-hybridized carbons (Fsp3) is 0.600. The monoisotopic (exact) mass is 888 g/mol. The number of aromatic amines is 1. The summed E-state index contributed by atoms with van der Waals surface area (Å²) >= 11 is 0. The summed E-state index contributed by atoms with van der Waals surface area (Å²) in [6.07, 6.45) is -3.59. The number of sulfone groups is 1. The van der Waals surface area contributed by atoms with Gasteiger partial charge in [0, 0.05) is 24.8 Å². The van der Waals surface area contributed by atoms with Crippen molar-refractivity contribution >= 4 is 43.3 Å². The highest BCUT2D eigenvalue weighted by molar-refractivity contribution is 7.91. The first-order chi connectivity index (χ1) is 27.7. The predicted octanol–water partition coefficient (Wildman–Crippen LogP) is 2.96. The number of halogens is 1. The Morgan fingerprint density at radius 3 is 2.25 bits per heavy atom. The van der Waals surface area contributed by atoms with Crippen LogP contribution in [-0.2, 0) is 62.8 Å². The number of carbonyl (C=O) groups is 2. The minimum Gasteiger partial charge on any atom is -0.438 e. The van der Waals surface area contributed by atoms with Crippen molar-refractivity contribution in [2.75, 3.05) is 25.9 Å². The van der Waals surface area contributed by atoms with Crippen LogP contribution in [0.5, 0.6) is 0 Å². The Bertz CT molecular complexity index is 2230. The van der Waals surface area contributed by atoms with Crippen LogP contribution in [0.15, 0.2) is 63.3 Å². The normalized spacial score (nSPS) is 25.2. The smallest absolute Gasteiger partial charge is 0.388 e. The number of nitrogens with one attached hydrogen (secondary N) is 1. The lowest BCUT2D eigenvalue weighted by Crippen LogP contribution is -2.37. The molecule has 59 heavy (non-hydrogen) atoms. The molecule has 3 aromatic rings. The van der Waals surface area contributed by atoms with Gasteiger partial charge in [0.15, 0.2) is 27.7 Å². The molecule has 7 atom stereocenters. The molecule has 0 spiro atoms. The van der Waals surface area contributed by atoms with Crippen molar-refractivity contribution in [3.8, 4) is 0 Å². The molecule has 5 heterocycles. The number of hydrogen-bond donors (Lipinski definition) is 1. The first-order valence-electron chi connectivity index (χ1n) is 18.6. The van der Waals surface area contributed by atoms with Gasteiger partial charge < -0.3 is 23.3 Å². The van der Waals surface area contributed by atoms with E-state index < -0.39 is 110 Å². The molecule has 3 saturated heterocycles. The van der Waals surface area contributed by atoms with Crippen molar-refractivity contribution < 1.29 is 59.3 Å². The van der Waals surface area contributed by atoms with Gasteiger partial charge in [0.1, 0.15) is 12.2 Å². The molecule has 0 radical (unpaired) electrons. The van der Waals surface area contributed by atoms with Crippen LogP contribution in [0, 0.1) is 10.8 Å². The van der Waals surface area contributed by atoms with Crippen LogP contribution < -0.4 is 16.7 Å². The predicted molar refractivity (Wildman–Crippen MR) is 205 cm³/mol. The Hall–Kier alpha value is -3.72. The number of aromatic nitrogens is 5. The summed E-state index contributed by atoms with van der Waals surface area (Å²) in [6.45, 7) is 8.11. The van der Waals surface area contributed by atoms with Crippen molar-refractivity contribution in [1.29, 1.82) is 0 Å². The third kappa shape index (κ3) is 10.4. The van der Waals surface area contributed by atoms with Crippen LogP contribution in [0.2, 0.25) is 0 Å². The average Bonchev–Trinajstić information content (AvgIpc) is 3.95. The van der Waals surface area contributed by atoms with Gasteiger partial charge in [-0.15, -0.1) is 5.10 Å². The topological polar surface area (TPSA) is 239 Å². The molecule has 6 rings (SSSR count). The van der Waals surface area contributed by atoms with E-state index in [1.54, 1.807) is 59.7 Å². The number of esters is 2. The van der Waals surface area contributed by atoms with E-state index in [4.69, 9.17) is 32.3 Å². The Labute approximate surface area is 340 Å². The Morgan fingerprint density at radius 2 is 1.64 bits per heavy atom. The van der Waals surface area contributed by atoms with Gasteiger partial charge >= 0.3 is 25.2 Å². The van der Waals surface area contributed by atoms with Crippen molar-refractivity contribution in [3.05, 3.63) is 69.6 Å². The van der Waals surface area contributed by atoms with Crippen molar-refractivity contribution in [1.82, 2.24) is 29.2 Å². The fourth-order valence-electron chi connectivity index (χ4n) is 6.28.